The average Bonchev–Trinajstić information content (AvgIpc) is 2.42. The van der Waals surface area contributed by atoms with E-state index in [9.17, 15) is 9.90 Å². The van der Waals surface area contributed by atoms with E-state index in [1.807, 2.05) is 0 Å². The van der Waals surface area contributed by atoms with E-state index in [1.54, 1.807) is 19.1 Å². The maximum absolute atomic E-state index is 11.5. The lowest BCUT2D eigenvalue weighted by Crippen LogP contribution is -2.09. The fourth-order valence-corrected chi connectivity index (χ4v) is 1.41. The van der Waals surface area contributed by atoms with E-state index in [0.717, 1.165) is 0 Å². The summed E-state index contributed by atoms with van der Waals surface area (Å²) in [5.74, 6) is -0.0263. The van der Waals surface area contributed by atoms with Gasteiger partial charge in [-0.2, -0.15) is 0 Å². The number of phenolic OH excluding ortho intramolecular Hbond substituents is 1. The Hall–Kier alpha value is -2.63. The van der Waals surface area contributed by atoms with Crippen LogP contribution in [-0.4, -0.2) is 27.7 Å². The third-order valence-corrected chi connectivity index (χ3v) is 2.26. The molecule has 19 heavy (non-hydrogen) atoms. The Balaban J connectivity index is 2.15. The van der Waals surface area contributed by atoms with E-state index in [-0.39, 0.29) is 17.4 Å². The van der Waals surface area contributed by atoms with Gasteiger partial charge in [-0.25, -0.2) is 14.8 Å². The molecule has 0 aliphatic carbocycles. The molecule has 2 N–H and O–H groups in total. The number of carbonyl (C=O) groups is 1. The summed E-state index contributed by atoms with van der Waals surface area (Å²) >= 11 is 0. The van der Waals surface area contributed by atoms with Crippen molar-refractivity contribution in [2.75, 3.05) is 11.9 Å². The normalized spacial score (nSPS) is 9.95. The van der Waals surface area contributed by atoms with E-state index in [4.69, 9.17) is 4.74 Å². The molecule has 0 saturated heterocycles. The van der Waals surface area contributed by atoms with Crippen LogP contribution in [0.15, 0.2) is 36.5 Å². The first-order valence-corrected chi connectivity index (χ1v) is 5.75. The van der Waals surface area contributed by atoms with Crippen molar-refractivity contribution in [3.05, 3.63) is 42.2 Å². The number of esters is 1. The first kappa shape index (κ1) is 12.8. The third kappa shape index (κ3) is 3.41. The first-order chi connectivity index (χ1) is 9.19. The summed E-state index contributed by atoms with van der Waals surface area (Å²) in [6.45, 7) is 2.03. The van der Waals surface area contributed by atoms with Gasteiger partial charge in [0.15, 0.2) is 5.69 Å². The van der Waals surface area contributed by atoms with E-state index in [1.165, 1.54) is 24.4 Å². The lowest BCUT2D eigenvalue weighted by atomic mass is 10.3. The van der Waals surface area contributed by atoms with Crippen LogP contribution in [-0.2, 0) is 4.74 Å². The van der Waals surface area contributed by atoms with Crippen LogP contribution in [0, 0.1) is 0 Å². The van der Waals surface area contributed by atoms with Crippen LogP contribution >= 0.6 is 0 Å². The SMILES string of the molecule is CCOC(=O)c1ccnc(Nc2ccc(O)cc2)n1. The summed E-state index contributed by atoms with van der Waals surface area (Å²) in [6, 6.07) is 7.92. The molecule has 1 aromatic carbocycles. The molecule has 0 unspecified atom stereocenters. The summed E-state index contributed by atoms with van der Waals surface area (Å²) in [4.78, 5) is 19.6. The van der Waals surface area contributed by atoms with Crippen LogP contribution in [0.3, 0.4) is 0 Å². The Morgan fingerprint density at radius 3 is 2.74 bits per heavy atom. The Morgan fingerprint density at radius 1 is 1.32 bits per heavy atom. The molecule has 0 atom stereocenters. The minimum Gasteiger partial charge on any atom is -0.508 e. The van der Waals surface area contributed by atoms with E-state index in [0.29, 0.717) is 12.3 Å². The summed E-state index contributed by atoms with van der Waals surface area (Å²) < 4.78 is 4.86. The number of hydrogen-bond donors (Lipinski definition) is 2. The molecule has 0 spiro atoms. The number of benzene rings is 1. The zero-order chi connectivity index (χ0) is 13.7. The zero-order valence-corrected chi connectivity index (χ0v) is 10.3. The molecule has 2 aromatic rings. The first-order valence-electron chi connectivity index (χ1n) is 5.75. The fourth-order valence-electron chi connectivity index (χ4n) is 1.41. The van der Waals surface area contributed by atoms with E-state index in [2.05, 4.69) is 15.3 Å². The minimum atomic E-state index is -0.487. The van der Waals surface area contributed by atoms with Gasteiger partial charge in [0, 0.05) is 11.9 Å². The molecule has 2 rings (SSSR count). The summed E-state index contributed by atoms with van der Waals surface area (Å²) in [5.41, 5.74) is 0.900. The number of ether oxygens (including phenoxy) is 1. The van der Waals surface area contributed by atoms with Gasteiger partial charge in [-0.1, -0.05) is 0 Å². The van der Waals surface area contributed by atoms with Crippen LogP contribution < -0.4 is 5.32 Å². The topological polar surface area (TPSA) is 84.3 Å². The average molecular weight is 259 g/mol. The lowest BCUT2D eigenvalue weighted by molar-refractivity contribution is 0.0519. The van der Waals surface area contributed by atoms with Crippen molar-refractivity contribution in [3.63, 3.8) is 0 Å². The number of nitrogens with zero attached hydrogens (tertiary/aromatic N) is 2. The number of anilines is 2. The van der Waals surface area contributed by atoms with Crippen molar-refractivity contribution in [3.8, 4) is 5.75 Å². The third-order valence-electron chi connectivity index (χ3n) is 2.26. The standard InChI is InChI=1S/C13H13N3O3/c1-2-19-12(18)11-7-8-14-13(16-11)15-9-3-5-10(17)6-4-9/h3-8,17H,2H2,1H3,(H,14,15,16). The van der Waals surface area contributed by atoms with Crippen molar-refractivity contribution in [2.24, 2.45) is 0 Å². The quantitative estimate of drug-likeness (QED) is 0.646. The van der Waals surface area contributed by atoms with Crippen molar-refractivity contribution < 1.29 is 14.6 Å². The Bertz CT molecular complexity index is 570. The van der Waals surface area contributed by atoms with Crippen LogP contribution in [0.25, 0.3) is 0 Å². The molecule has 0 amide bonds. The summed E-state index contributed by atoms with van der Waals surface area (Å²) in [5, 5.41) is 12.1. The Morgan fingerprint density at radius 2 is 2.05 bits per heavy atom. The van der Waals surface area contributed by atoms with Gasteiger partial charge in [-0.3, -0.25) is 0 Å². The van der Waals surface area contributed by atoms with Crippen LogP contribution in [0.5, 0.6) is 5.75 Å². The number of hydrogen-bond acceptors (Lipinski definition) is 6. The number of rotatable bonds is 4. The van der Waals surface area contributed by atoms with Gasteiger partial charge in [-0.05, 0) is 37.3 Å². The minimum absolute atomic E-state index is 0.173. The molecule has 1 heterocycles. The van der Waals surface area contributed by atoms with Crippen molar-refractivity contribution in [1.29, 1.82) is 0 Å². The maximum atomic E-state index is 11.5. The maximum Gasteiger partial charge on any atom is 0.357 e. The summed E-state index contributed by atoms with van der Waals surface area (Å²) in [6.07, 6.45) is 1.47. The zero-order valence-electron chi connectivity index (χ0n) is 10.3. The summed E-state index contributed by atoms with van der Waals surface area (Å²) in [7, 11) is 0. The second-order valence-electron chi connectivity index (χ2n) is 3.66. The van der Waals surface area contributed by atoms with Gasteiger partial charge in [0.25, 0.3) is 0 Å². The van der Waals surface area contributed by atoms with Gasteiger partial charge in [0.2, 0.25) is 5.95 Å². The second-order valence-corrected chi connectivity index (χ2v) is 3.66. The highest BCUT2D eigenvalue weighted by atomic mass is 16.5. The lowest BCUT2D eigenvalue weighted by Gasteiger charge is -2.06. The van der Waals surface area contributed by atoms with Crippen LogP contribution in [0.2, 0.25) is 0 Å². The number of carbonyl (C=O) groups excluding carboxylic acids is 1. The van der Waals surface area contributed by atoms with Gasteiger partial charge < -0.3 is 15.2 Å². The largest absolute Gasteiger partial charge is 0.508 e. The molecule has 0 fully saturated rings. The molecule has 6 heteroatoms. The van der Waals surface area contributed by atoms with E-state index < -0.39 is 5.97 Å². The molecular weight excluding hydrogens is 246 g/mol. The van der Waals surface area contributed by atoms with Gasteiger partial charge in [0.05, 0.1) is 6.61 Å². The van der Waals surface area contributed by atoms with Gasteiger partial charge >= 0.3 is 5.97 Å². The highest BCUT2D eigenvalue weighted by molar-refractivity contribution is 5.87. The second kappa shape index (κ2) is 5.81. The number of aromatic nitrogens is 2. The molecular formula is C13H13N3O3. The number of aromatic hydroxyl groups is 1. The van der Waals surface area contributed by atoms with Crippen LogP contribution in [0.4, 0.5) is 11.6 Å². The Labute approximate surface area is 110 Å². The van der Waals surface area contributed by atoms with Gasteiger partial charge in [0.1, 0.15) is 5.75 Å². The van der Waals surface area contributed by atoms with Crippen molar-refractivity contribution in [2.45, 2.75) is 6.92 Å². The predicted octanol–water partition coefficient (Wildman–Crippen LogP) is 2.10. The molecule has 0 bridgehead atoms. The molecule has 0 radical (unpaired) electrons. The van der Waals surface area contributed by atoms with Crippen LogP contribution in [0.1, 0.15) is 17.4 Å². The van der Waals surface area contributed by atoms with Crippen molar-refractivity contribution >= 4 is 17.6 Å². The van der Waals surface area contributed by atoms with E-state index >= 15 is 0 Å². The highest BCUT2D eigenvalue weighted by Crippen LogP contribution is 2.16. The predicted molar refractivity (Wildman–Crippen MR) is 69.4 cm³/mol. The smallest absolute Gasteiger partial charge is 0.357 e. The van der Waals surface area contributed by atoms with Gasteiger partial charge in [-0.15, -0.1) is 0 Å². The van der Waals surface area contributed by atoms with Crippen molar-refractivity contribution in [1.82, 2.24) is 9.97 Å². The highest BCUT2D eigenvalue weighted by Gasteiger charge is 2.09. The molecule has 0 saturated carbocycles. The fraction of sp³-hybridized carbons (Fsp3) is 0.154. The monoisotopic (exact) mass is 259 g/mol. The molecule has 6 nitrogen and oxygen atoms in total. The number of nitrogens with one attached hydrogen (secondary N) is 1. The molecule has 0 aliphatic heterocycles. The molecule has 0 aliphatic rings. The molecule has 1 aromatic heterocycles. The Kier molecular flexibility index (Phi) is 3.92. The number of phenols is 1. The molecule has 98 valence electrons.